The molecular weight excluding hydrogens is 356 g/mol. The van der Waals surface area contributed by atoms with Gasteiger partial charge in [0.25, 0.3) is 11.8 Å². The topological polar surface area (TPSA) is 97.6 Å². The molecule has 0 radical (unpaired) electrons. The number of anilines is 2. The molecule has 0 aliphatic rings. The maximum atomic E-state index is 12.4. The number of benzene rings is 1. The highest BCUT2D eigenvalue weighted by Crippen LogP contribution is 2.24. The lowest BCUT2D eigenvalue weighted by Gasteiger charge is -2.08. The van der Waals surface area contributed by atoms with Crippen LogP contribution in [0.25, 0.3) is 0 Å². The molecule has 2 amide bonds. The zero-order valence-corrected chi connectivity index (χ0v) is 14.5. The number of thiophene rings is 1. The van der Waals surface area contributed by atoms with Crippen LogP contribution in [0.1, 0.15) is 30.6 Å². The highest BCUT2D eigenvalue weighted by atomic mass is 32.1. The number of esters is 1. The fourth-order valence-electron chi connectivity index (χ4n) is 2.17. The summed E-state index contributed by atoms with van der Waals surface area (Å²) < 4.78 is 9.72. The van der Waals surface area contributed by atoms with E-state index in [0.29, 0.717) is 15.6 Å². The average Bonchev–Trinajstić information content (AvgIpc) is 3.33. The number of methoxy groups -OCH3 is 1. The first kappa shape index (κ1) is 17.4. The average molecular weight is 370 g/mol. The summed E-state index contributed by atoms with van der Waals surface area (Å²) in [6, 6.07) is 12.9. The number of para-hydroxylation sites is 1. The molecule has 2 heterocycles. The second-order valence-corrected chi connectivity index (χ2v) is 6.17. The van der Waals surface area contributed by atoms with E-state index < -0.39 is 17.8 Å². The predicted molar refractivity (Wildman–Crippen MR) is 96.7 cm³/mol. The highest BCUT2D eigenvalue weighted by molar-refractivity contribution is 7.18. The monoisotopic (exact) mass is 370 g/mol. The van der Waals surface area contributed by atoms with Gasteiger partial charge < -0.3 is 19.8 Å². The molecule has 3 aromatic rings. The number of hydrogen-bond donors (Lipinski definition) is 2. The summed E-state index contributed by atoms with van der Waals surface area (Å²) in [6.07, 6.45) is 1.40. The van der Waals surface area contributed by atoms with E-state index in [-0.39, 0.29) is 11.3 Å². The Morgan fingerprint density at radius 3 is 2.50 bits per heavy atom. The molecule has 26 heavy (non-hydrogen) atoms. The Bertz CT molecular complexity index is 946. The number of hydrogen-bond acceptors (Lipinski definition) is 6. The SMILES string of the molecule is COC(=O)c1ccccc1NC(=O)c1ccc(NC(=O)c2ccco2)s1. The lowest BCUT2D eigenvalue weighted by molar-refractivity contribution is 0.0602. The van der Waals surface area contributed by atoms with E-state index in [1.54, 1.807) is 48.5 Å². The number of rotatable bonds is 5. The zero-order valence-electron chi connectivity index (χ0n) is 13.6. The van der Waals surface area contributed by atoms with E-state index >= 15 is 0 Å². The molecule has 0 aliphatic heterocycles. The van der Waals surface area contributed by atoms with Crippen molar-refractivity contribution in [1.29, 1.82) is 0 Å². The Morgan fingerprint density at radius 1 is 0.962 bits per heavy atom. The molecule has 7 nitrogen and oxygen atoms in total. The lowest BCUT2D eigenvalue weighted by Crippen LogP contribution is -2.14. The van der Waals surface area contributed by atoms with Crippen LogP contribution in [0.5, 0.6) is 0 Å². The molecule has 0 saturated carbocycles. The van der Waals surface area contributed by atoms with Gasteiger partial charge in [-0.05, 0) is 36.4 Å². The molecule has 0 fully saturated rings. The van der Waals surface area contributed by atoms with E-state index in [9.17, 15) is 14.4 Å². The molecule has 1 aromatic carbocycles. The largest absolute Gasteiger partial charge is 0.465 e. The lowest BCUT2D eigenvalue weighted by atomic mass is 10.2. The molecule has 8 heteroatoms. The van der Waals surface area contributed by atoms with Gasteiger partial charge in [-0.2, -0.15) is 0 Å². The molecule has 0 aliphatic carbocycles. The van der Waals surface area contributed by atoms with Gasteiger partial charge in [0.1, 0.15) is 0 Å². The molecule has 0 unspecified atom stereocenters. The van der Waals surface area contributed by atoms with Gasteiger partial charge in [0.2, 0.25) is 0 Å². The fourth-order valence-corrected chi connectivity index (χ4v) is 2.97. The van der Waals surface area contributed by atoms with Gasteiger partial charge in [-0.3, -0.25) is 9.59 Å². The van der Waals surface area contributed by atoms with Crippen LogP contribution in [0.4, 0.5) is 10.7 Å². The minimum absolute atomic E-state index is 0.177. The normalized spacial score (nSPS) is 10.2. The summed E-state index contributed by atoms with van der Waals surface area (Å²) in [5.74, 6) is -1.17. The van der Waals surface area contributed by atoms with Crippen LogP contribution in [-0.2, 0) is 4.74 Å². The van der Waals surface area contributed by atoms with Crippen molar-refractivity contribution in [1.82, 2.24) is 0 Å². The molecule has 0 bridgehead atoms. The Hall–Kier alpha value is -3.39. The first-order chi connectivity index (χ1) is 12.6. The van der Waals surface area contributed by atoms with Crippen molar-refractivity contribution in [2.24, 2.45) is 0 Å². The van der Waals surface area contributed by atoms with Crippen molar-refractivity contribution in [2.75, 3.05) is 17.7 Å². The van der Waals surface area contributed by atoms with Gasteiger partial charge >= 0.3 is 5.97 Å². The van der Waals surface area contributed by atoms with Crippen LogP contribution >= 0.6 is 11.3 Å². The van der Waals surface area contributed by atoms with Crippen molar-refractivity contribution in [3.63, 3.8) is 0 Å². The van der Waals surface area contributed by atoms with Crippen molar-refractivity contribution in [3.8, 4) is 0 Å². The molecular formula is C18H14N2O5S. The minimum Gasteiger partial charge on any atom is -0.465 e. The standard InChI is InChI=1S/C18H14N2O5S/c1-24-18(23)11-5-2-3-6-12(11)19-17(22)14-8-9-15(26-14)20-16(21)13-7-4-10-25-13/h2-10H,1H3,(H,19,22)(H,20,21). The van der Waals surface area contributed by atoms with Crippen molar-refractivity contribution in [2.45, 2.75) is 0 Å². The van der Waals surface area contributed by atoms with E-state index in [2.05, 4.69) is 10.6 Å². The fraction of sp³-hybridized carbons (Fsp3) is 0.0556. The van der Waals surface area contributed by atoms with Gasteiger partial charge in [-0.1, -0.05) is 12.1 Å². The Balaban J connectivity index is 1.71. The second-order valence-electron chi connectivity index (χ2n) is 5.09. The maximum Gasteiger partial charge on any atom is 0.339 e. The Kier molecular flexibility index (Phi) is 5.14. The van der Waals surface area contributed by atoms with Crippen LogP contribution < -0.4 is 10.6 Å². The number of carbonyl (C=O) groups is 3. The van der Waals surface area contributed by atoms with E-state index in [1.165, 1.54) is 13.4 Å². The molecule has 2 N–H and O–H groups in total. The first-order valence-corrected chi connectivity index (χ1v) is 8.33. The van der Waals surface area contributed by atoms with Crippen LogP contribution in [0, 0.1) is 0 Å². The summed E-state index contributed by atoms with van der Waals surface area (Å²) >= 11 is 1.10. The summed E-state index contributed by atoms with van der Waals surface area (Å²) in [6.45, 7) is 0. The first-order valence-electron chi connectivity index (χ1n) is 7.52. The van der Waals surface area contributed by atoms with Gasteiger partial charge in [0.05, 0.1) is 34.5 Å². The molecule has 132 valence electrons. The number of furan rings is 1. The second kappa shape index (κ2) is 7.66. The predicted octanol–water partition coefficient (Wildman–Crippen LogP) is 3.63. The van der Waals surface area contributed by atoms with Crippen LogP contribution in [0.3, 0.4) is 0 Å². The molecule has 0 spiro atoms. The summed E-state index contributed by atoms with van der Waals surface area (Å²) in [5, 5.41) is 5.83. The zero-order chi connectivity index (χ0) is 18.5. The summed E-state index contributed by atoms with van der Waals surface area (Å²) in [5.41, 5.74) is 0.602. The van der Waals surface area contributed by atoms with Crippen molar-refractivity contribution >= 4 is 39.8 Å². The molecule has 3 rings (SSSR count). The quantitative estimate of drug-likeness (QED) is 0.668. The van der Waals surface area contributed by atoms with Gasteiger partial charge in [-0.15, -0.1) is 11.3 Å². The Morgan fingerprint density at radius 2 is 1.77 bits per heavy atom. The van der Waals surface area contributed by atoms with Gasteiger partial charge in [0, 0.05) is 0 Å². The third-order valence-corrected chi connectivity index (χ3v) is 4.39. The van der Waals surface area contributed by atoms with E-state index in [0.717, 1.165) is 11.3 Å². The van der Waals surface area contributed by atoms with Crippen molar-refractivity contribution < 1.29 is 23.5 Å². The molecule has 0 saturated heterocycles. The van der Waals surface area contributed by atoms with E-state index in [4.69, 9.17) is 9.15 Å². The van der Waals surface area contributed by atoms with Gasteiger partial charge in [0.15, 0.2) is 5.76 Å². The van der Waals surface area contributed by atoms with Gasteiger partial charge in [-0.25, -0.2) is 4.79 Å². The van der Waals surface area contributed by atoms with Crippen LogP contribution in [0.15, 0.2) is 59.2 Å². The highest BCUT2D eigenvalue weighted by Gasteiger charge is 2.16. The van der Waals surface area contributed by atoms with Crippen LogP contribution in [0.2, 0.25) is 0 Å². The number of ether oxygens (including phenoxy) is 1. The number of nitrogens with one attached hydrogen (secondary N) is 2. The van der Waals surface area contributed by atoms with Crippen LogP contribution in [-0.4, -0.2) is 24.9 Å². The Labute approximate surface area is 152 Å². The number of carbonyl (C=O) groups excluding carboxylic acids is 3. The summed E-state index contributed by atoms with van der Waals surface area (Å²) in [4.78, 5) is 36.5. The van der Waals surface area contributed by atoms with E-state index in [1.807, 2.05) is 0 Å². The third-order valence-electron chi connectivity index (χ3n) is 3.39. The van der Waals surface area contributed by atoms with Crippen molar-refractivity contribution in [3.05, 3.63) is 71.0 Å². The molecule has 2 aromatic heterocycles. The number of amides is 2. The third kappa shape index (κ3) is 3.81. The summed E-state index contributed by atoms with van der Waals surface area (Å²) in [7, 11) is 1.27. The maximum absolute atomic E-state index is 12.4. The smallest absolute Gasteiger partial charge is 0.339 e. The molecule has 0 atom stereocenters. The minimum atomic E-state index is -0.543.